The van der Waals surface area contributed by atoms with E-state index in [0.717, 1.165) is 4.47 Å². The van der Waals surface area contributed by atoms with Gasteiger partial charge in [-0.15, -0.1) is 0 Å². The Hall–Kier alpha value is -1.30. The average molecular weight is 345 g/mol. The number of hydrogen-bond donors (Lipinski definition) is 2. The Morgan fingerprint density at radius 2 is 1.95 bits per heavy atom. The van der Waals surface area contributed by atoms with Gasteiger partial charge in [0.05, 0.1) is 5.41 Å². The molecule has 0 spiro atoms. The van der Waals surface area contributed by atoms with Gasteiger partial charge >= 0.3 is 5.97 Å². The first kappa shape index (κ1) is 16.8. The molecular weight excluding hydrogens is 324 g/mol. The van der Waals surface area contributed by atoms with E-state index >= 15 is 0 Å². The zero-order valence-corrected chi connectivity index (χ0v) is 13.7. The number of aryl methyl sites for hydroxylation is 1. The van der Waals surface area contributed by atoms with Crippen LogP contribution in [0.2, 0.25) is 0 Å². The van der Waals surface area contributed by atoms with Crippen molar-refractivity contribution in [3.8, 4) is 0 Å². The number of halogens is 1. The predicted octanol–water partition coefficient (Wildman–Crippen LogP) is 2.89. The highest BCUT2D eigenvalue weighted by Gasteiger charge is 2.35. The molecule has 0 radical (unpaired) electrons. The Bertz CT molecular complexity index is 493. The highest BCUT2D eigenvalue weighted by molar-refractivity contribution is 9.10. The monoisotopic (exact) mass is 344 g/mol. The lowest BCUT2D eigenvalue weighted by Crippen LogP contribution is -2.42. The second-order valence-electron chi connectivity index (χ2n) is 4.80. The fourth-order valence-electron chi connectivity index (χ4n) is 2.14. The molecule has 5 nitrogen and oxygen atoms in total. The van der Waals surface area contributed by atoms with Crippen molar-refractivity contribution in [1.82, 2.24) is 9.88 Å². The van der Waals surface area contributed by atoms with Gasteiger partial charge in [-0.25, -0.2) is 0 Å². The third-order valence-electron chi connectivity index (χ3n) is 3.83. The van der Waals surface area contributed by atoms with Crippen LogP contribution in [0, 0.1) is 5.41 Å². The van der Waals surface area contributed by atoms with Crippen molar-refractivity contribution in [2.24, 2.45) is 5.41 Å². The summed E-state index contributed by atoms with van der Waals surface area (Å²) < 4.78 is 2.65. The largest absolute Gasteiger partial charge is 0.481 e. The molecule has 0 aliphatic rings. The van der Waals surface area contributed by atoms with Crippen molar-refractivity contribution in [3.05, 3.63) is 22.4 Å². The average Bonchev–Trinajstić information content (AvgIpc) is 2.81. The van der Waals surface area contributed by atoms with Gasteiger partial charge in [0, 0.05) is 23.8 Å². The summed E-state index contributed by atoms with van der Waals surface area (Å²) in [6.07, 6.45) is 2.80. The maximum atomic E-state index is 12.2. The van der Waals surface area contributed by atoms with Gasteiger partial charge in [-0.05, 0) is 41.8 Å². The van der Waals surface area contributed by atoms with Gasteiger partial charge in [-0.2, -0.15) is 0 Å². The number of nitrogens with zero attached hydrogens (tertiary/aromatic N) is 1. The van der Waals surface area contributed by atoms with E-state index in [1.54, 1.807) is 6.07 Å². The minimum absolute atomic E-state index is 0.140. The van der Waals surface area contributed by atoms with E-state index in [0.29, 0.717) is 25.1 Å². The quantitative estimate of drug-likeness (QED) is 0.798. The molecule has 0 fully saturated rings. The minimum atomic E-state index is -0.892. The van der Waals surface area contributed by atoms with E-state index in [4.69, 9.17) is 0 Å². The summed E-state index contributed by atoms with van der Waals surface area (Å²) in [5.74, 6) is -1.11. The molecule has 20 heavy (non-hydrogen) atoms. The second kappa shape index (κ2) is 6.92. The van der Waals surface area contributed by atoms with Crippen LogP contribution in [0.5, 0.6) is 0 Å². The van der Waals surface area contributed by atoms with Crippen LogP contribution < -0.4 is 5.32 Å². The van der Waals surface area contributed by atoms with E-state index in [1.807, 2.05) is 31.5 Å². The summed E-state index contributed by atoms with van der Waals surface area (Å²) in [6.45, 7) is 6.42. The summed E-state index contributed by atoms with van der Waals surface area (Å²) >= 11 is 3.34. The molecule has 1 heterocycles. The number of carbonyl (C=O) groups is 2. The van der Waals surface area contributed by atoms with Crippen LogP contribution >= 0.6 is 15.9 Å². The van der Waals surface area contributed by atoms with Crippen molar-refractivity contribution in [3.63, 3.8) is 0 Å². The minimum Gasteiger partial charge on any atom is -0.481 e. The summed E-state index contributed by atoms with van der Waals surface area (Å²) in [6, 6.07) is 1.74. The number of carbonyl (C=O) groups excluding carboxylic acids is 1. The molecule has 2 N–H and O–H groups in total. The lowest BCUT2D eigenvalue weighted by atomic mass is 9.82. The molecule has 0 atom stereocenters. The summed E-state index contributed by atoms with van der Waals surface area (Å²) in [4.78, 5) is 23.6. The van der Waals surface area contributed by atoms with Crippen molar-refractivity contribution in [1.29, 1.82) is 0 Å². The van der Waals surface area contributed by atoms with Crippen LogP contribution in [0.15, 0.2) is 16.7 Å². The molecule has 0 aliphatic heterocycles. The number of nitrogens with one attached hydrogen (secondary N) is 1. The highest BCUT2D eigenvalue weighted by atomic mass is 79.9. The summed E-state index contributed by atoms with van der Waals surface area (Å²) in [5.41, 5.74) is -0.359. The fraction of sp³-hybridized carbons (Fsp3) is 0.571. The fourth-order valence-corrected chi connectivity index (χ4v) is 2.61. The lowest BCUT2D eigenvalue weighted by molar-refractivity contribution is -0.149. The molecule has 1 amide bonds. The standard InChI is InChI=1S/C14H21BrN2O3/c1-4-14(5-2,13(19)20)9-16-12(18)11-7-10(15)8-17(11)6-3/h7-8H,4-6,9H2,1-3H3,(H,16,18)(H,19,20). The number of hydrogen-bond acceptors (Lipinski definition) is 2. The molecule has 1 rings (SSSR count). The Morgan fingerprint density at radius 3 is 2.40 bits per heavy atom. The zero-order chi connectivity index (χ0) is 15.3. The van der Waals surface area contributed by atoms with E-state index < -0.39 is 11.4 Å². The van der Waals surface area contributed by atoms with Gasteiger partial charge in [0.1, 0.15) is 5.69 Å². The van der Waals surface area contributed by atoms with Gasteiger partial charge < -0.3 is 15.0 Å². The molecule has 6 heteroatoms. The normalized spacial score (nSPS) is 11.4. The van der Waals surface area contributed by atoms with Gasteiger partial charge in [-0.1, -0.05) is 13.8 Å². The number of aromatic nitrogens is 1. The van der Waals surface area contributed by atoms with Gasteiger partial charge in [0.25, 0.3) is 5.91 Å². The molecule has 112 valence electrons. The number of carboxylic acid groups (broad SMARTS) is 1. The SMILES string of the molecule is CCn1cc(Br)cc1C(=O)NCC(CC)(CC)C(=O)O. The third kappa shape index (κ3) is 3.42. The molecular formula is C14H21BrN2O3. The summed E-state index contributed by atoms with van der Waals surface area (Å²) in [5, 5.41) is 12.1. The molecule has 1 aromatic heterocycles. The van der Waals surface area contributed by atoms with Gasteiger partial charge in [-0.3, -0.25) is 9.59 Å². The maximum absolute atomic E-state index is 12.2. The first-order valence-electron chi connectivity index (χ1n) is 6.77. The first-order valence-corrected chi connectivity index (χ1v) is 7.56. The van der Waals surface area contributed by atoms with E-state index in [-0.39, 0.29) is 12.5 Å². The van der Waals surface area contributed by atoms with Crippen LogP contribution in [0.1, 0.15) is 44.1 Å². The Labute approximate surface area is 127 Å². The zero-order valence-electron chi connectivity index (χ0n) is 12.1. The van der Waals surface area contributed by atoms with E-state index in [1.165, 1.54) is 0 Å². The van der Waals surface area contributed by atoms with E-state index in [2.05, 4.69) is 21.2 Å². The number of aliphatic carboxylic acids is 1. The number of amides is 1. The number of rotatable bonds is 7. The molecule has 0 saturated carbocycles. The van der Waals surface area contributed by atoms with Crippen molar-refractivity contribution < 1.29 is 14.7 Å². The molecule has 0 bridgehead atoms. The molecule has 0 aliphatic carbocycles. The van der Waals surface area contributed by atoms with Gasteiger partial charge in [0.15, 0.2) is 0 Å². The molecule has 0 saturated heterocycles. The van der Waals surface area contributed by atoms with Crippen LogP contribution in [0.3, 0.4) is 0 Å². The van der Waals surface area contributed by atoms with Crippen molar-refractivity contribution in [2.45, 2.75) is 40.2 Å². The van der Waals surface area contributed by atoms with Crippen LogP contribution in [-0.2, 0) is 11.3 Å². The molecule has 1 aromatic rings. The van der Waals surface area contributed by atoms with Crippen LogP contribution in [0.25, 0.3) is 0 Å². The van der Waals surface area contributed by atoms with Crippen LogP contribution in [-0.4, -0.2) is 28.1 Å². The number of carboxylic acids is 1. The van der Waals surface area contributed by atoms with E-state index in [9.17, 15) is 14.7 Å². The summed E-state index contributed by atoms with van der Waals surface area (Å²) in [7, 11) is 0. The topological polar surface area (TPSA) is 71.3 Å². The third-order valence-corrected chi connectivity index (χ3v) is 4.26. The van der Waals surface area contributed by atoms with Gasteiger partial charge in [0.2, 0.25) is 0 Å². The van der Waals surface area contributed by atoms with Crippen molar-refractivity contribution >= 4 is 27.8 Å². The Balaban J connectivity index is 2.83. The second-order valence-corrected chi connectivity index (χ2v) is 5.72. The highest BCUT2D eigenvalue weighted by Crippen LogP contribution is 2.26. The smallest absolute Gasteiger partial charge is 0.311 e. The Morgan fingerprint density at radius 1 is 1.35 bits per heavy atom. The molecule has 0 aromatic carbocycles. The van der Waals surface area contributed by atoms with Crippen LogP contribution in [0.4, 0.5) is 0 Å². The maximum Gasteiger partial charge on any atom is 0.311 e. The Kier molecular flexibility index (Phi) is 5.80. The molecule has 0 unspecified atom stereocenters. The predicted molar refractivity (Wildman–Crippen MR) is 80.8 cm³/mol. The lowest BCUT2D eigenvalue weighted by Gasteiger charge is -2.26. The first-order chi connectivity index (χ1) is 9.40. The van der Waals surface area contributed by atoms with Crippen molar-refractivity contribution in [2.75, 3.05) is 6.54 Å².